The average molecular weight is 276 g/mol. The smallest absolute Gasteiger partial charge is 0.221 e. The van der Waals surface area contributed by atoms with Gasteiger partial charge in [0.15, 0.2) is 0 Å². The minimum atomic E-state index is -0.0910. The quantitative estimate of drug-likeness (QED) is 0.773. The number of hydrogen-bond donors (Lipinski definition) is 3. The summed E-state index contributed by atoms with van der Waals surface area (Å²) in [5.41, 5.74) is 1.99. The topological polar surface area (TPSA) is 61.4 Å². The van der Waals surface area contributed by atoms with Crippen molar-refractivity contribution in [2.24, 2.45) is 5.92 Å². The summed E-state index contributed by atoms with van der Waals surface area (Å²) in [4.78, 5) is 11.2. The van der Waals surface area contributed by atoms with Gasteiger partial charge in [-0.2, -0.15) is 0 Å². The molecule has 0 bridgehead atoms. The van der Waals surface area contributed by atoms with Gasteiger partial charge in [-0.25, -0.2) is 0 Å². The third kappa shape index (κ3) is 4.62. The number of aliphatic hydroxyl groups excluding tert-OH is 1. The zero-order chi connectivity index (χ0) is 14.4. The number of benzene rings is 1. The van der Waals surface area contributed by atoms with Crippen LogP contribution >= 0.6 is 0 Å². The minimum Gasteiger partial charge on any atom is -0.393 e. The van der Waals surface area contributed by atoms with E-state index in [1.165, 1.54) is 6.92 Å². The molecule has 110 valence electrons. The number of rotatable bonds is 5. The van der Waals surface area contributed by atoms with Crippen molar-refractivity contribution in [3.05, 3.63) is 29.8 Å². The molecule has 0 saturated heterocycles. The number of carbonyl (C=O) groups excluding carboxylic acids is 1. The summed E-state index contributed by atoms with van der Waals surface area (Å²) in [6, 6.07) is 7.87. The van der Waals surface area contributed by atoms with Crippen LogP contribution in [0.2, 0.25) is 0 Å². The van der Waals surface area contributed by atoms with Crippen molar-refractivity contribution in [3.8, 4) is 0 Å². The Morgan fingerprint density at radius 3 is 2.65 bits per heavy atom. The number of aliphatic hydroxyl groups is 1. The lowest BCUT2D eigenvalue weighted by Gasteiger charge is -2.25. The molecule has 1 aromatic rings. The van der Waals surface area contributed by atoms with E-state index in [-0.39, 0.29) is 12.0 Å². The van der Waals surface area contributed by atoms with Crippen molar-refractivity contribution in [3.63, 3.8) is 0 Å². The molecule has 1 fully saturated rings. The van der Waals surface area contributed by atoms with Gasteiger partial charge in [0.25, 0.3) is 0 Å². The third-order valence-corrected chi connectivity index (χ3v) is 3.89. The van der Waals surface area contributed by atoms with E-state index >= 15 is 0 Å². The molecule has 1 aliphatic carbocycles. The normalized spacial score (nSPS) is 22.5. The molecular formula is C16H24N2O2. The fourth-order valence-corrected chi connectivity index (χ4v) is 2.75. The van der Waals surface area contributed by atoms with Gasteiger partial charge in [-0.15, -0.1) is 0 Å². The Balaban J connectivity index is 1.80. The van der Waals surface area contributed by atoms with Crippen molar-refractivity contribution >= 4 is 11.6 Å². The Kier molecular flexibility index (Phi) is 5.56. The molecule has 1 aromatic carbocycles. The van der Waals surface area contributed by atoms with Gasteiger partial charge in [-0.1, -0.05) is 18.2 Å². The lowest BCUT2D eigenvalue weighted by Crippen LogP contribution is -2.28. The Labute approximate surface area is 120 Å². The molecule has 1 amide bonds. The number of amides is 1. The first-order chi connectivity index (χ1) is 9.65. The first kappa shape index (κ1) is 15.0. The van der Waals surface area contributed by atoms with E-state index in [1.807, 2.05) is 24.3 Å². The third-order valence-electron chi connectivity index (χ3n) is 3.89. The SMILES string of the molecule is CC(=O)Nc1ccccc1CNCC1CCC(O)CC1. The standard InChI is InChI=1S/C16H24N2O2/c1-12(19)18-16-5-3-2-4-14(16)11-17-10-13-6-8-15(20)9-7-13/h2-5,13,15,17,20H,6-11H2,1H3,(H,18,19). The summed E-state index contributed by atoms with van der Waals surface area (Å²) in [6.07, 6.45) is 3.96. The van der Waals surface area contributed by atoms with Gasteiger partial charge in [-0.05, 0) is 49.8 Å². The van der Waals surface area contributed by atoms with Gasteiger partial charge in [0.2, 0.25) is 5.91 Å². The van der Waals surface area contributed by atoms with Gasteiger partial charge in [-0.3, -0.25) is 4.79 Å². The van der Waals surface area contributed by atoms with Crippen LogP contribution < -0.4 is 10.6 Å². The van der Waals surface area contributed by atoms with Crippen LogP contribution in [0, 0.1) is 5.92 Å². The molecule has 3 N–H and O–H groups in total. The second kappa shape index (κ2) is 7.41. The molecule has 2 rings (SSSR count). The van der Waals surface area contributed by atoms with E-state index < -0.39 is 0 Å². The molecule has 0 spiro atoms. The Morgan fingerprint density at radius 1 is 1.25 bits per heavy atom. The molecule has 0 aromatic heterocycles. The monoisotopic (exact) mass is 276 g/mol. The summed E-state index contributed by atoms with van der Waals surface area (Å²) >= 11 is 0. The maximum Gasteiger partial charge on any atom is 0.221 e. The summed E-state index contributed by atoms with van der Waals surface area (Å²) in [7, 11) is 0. The molecule has 0 atom stereocenters. The van der Waals surface area contributed by atoms with Crippen molar-refractivity contribution in [2.45, 2.75) is 45.3 Å². The largest absolute Gasteiger partial charge is 0.393 e. The fourth-order valence-electron chi connectivity index (χ4n) is 2.75. The molecule has 1 saturated carbocycles. The Morgan fingerprint density at radius 2 is 1.95 bits per heavy atom. The van der Waals surface area contributed by atoms with Crippen LogP contribution in [-0.2, 0) is 11.3 Å². The van der Waals surface area contributed by atoms with Crippen LogP contribution in [0.15, 0.2) is 24.3 Å². The van der Waals surface area contributed by atoms with Crippen molar-refractivity contribution in [1.82, 2.24) is 5.32 Å². The van der Waals surface area contributed by atoms with Gasteiger partial charge >= 0.3 is 0 Å². The lowest BCUT2D eigenvalue weighted by molar-refractivity contribution is -0.114. The first-order valence-corrected chi connectivity index (χ1v) is 7.39. The number of anilines is 1. The van der Waals surface area contributed by atoms with Gasteiger partial charge in [0, 0.05) is 19.2 Å². The molecule has 0 heterocycles. The Hall–Kier alpha value is -1.39. The molecule has 0 radical (unpaired) electrons. The van der Waals surface area contributed by atoms with Crippen LogP contribution in [0.5, 0.6) is 0 Å². The van der Waals surface area contributed by atoms with Crippen LogP contribution in [0.4, 0.5) is 5.69 Å². The van der Waals surface area contributed by atoms with Gasteiger partial charge < -0.3 is 15.7 Å². The highest BCUT2D eigenvalue weighted by Crippen LogP contribution is 2.23. The highest BCUT2D eigenvalue weighted by Gasteiger charge is 2.18. The Bertz CT molecular complexity index is 440. The van der Waals surface area contributed by atoms with Crippen LogP contribution in [0.1, 0.15) is 38.2 Å². The van der Waals surface area contributed by atoms with Crippen LogP contribution in [0.3, 0.4) is 0 Å². The summed E-state index contributed by atoms with van der Waals surface area (Å²) in [5.74, 6) is 0.616. The minimum absolute atomic E-state index is 0.0429. The number of hydrogen-bond acceptors (Lipinski definition) is 3. The predicted molar refractivity (Wildman–Crippen MR) is 80.4 cm³/mol. The molecule has 4 heteroatoms. The van der Waals surface area contributed by atoms with Crippen molar-refractivity contribution in [2.75, 3.05) is 11.9 Å². The predicted octanol–water partition coefficient (Wildman–Crippen LogP) is 2.29. The number of carbonyl (C=O) groups is 1. The van der Waals surface area contributed by atoms with E-state index in [9.17, 15) is 9.90 Å². The summed E-state index contributed by atoms with van der Waals surface area (Å²) < 4.78 is 0. The van der Waals surface area contributed by atoms with Gasteiger partial charge in [0.05, 0.1) is 6.10 Å². The van der Waals surface area contributed by atoms with Crippen molar-refractivity contribution < 1.29 is 9.90 Å². The second-order valence-corrected chi connectivity index (χ2v) is 5.64. The molecular weight excluding hydrogens is 252 g/mol. The van der Waals surface area contributed by atoms with E-state index in [4.69, 9.17) is 0 Å². The van der Waals surface area contributed by atoms with E-state index in [0.717, 1.165) is 50.0 Å². The van der Waals surface area contributed by atoms with Crippen LogP contribution in [0.25, 0.3) is 0 Å². The molecule has 20 heavy (non-hydrogen) atoms. The summed E-state index contributed by atoms with van der Waals surface area (Å²) in [6.45, 7) is 3.26. The summed E-state index contributed by atoms with van der Waals surface area (Å²) in [5, 5.41) is 15.8. The molecule has 1 aliphatic rings. The van der Waals surface area contributed by atoms with Gasteiger partial charge in [0.1, 0.15) is 0 Å². The molecule has 4 nitrogen and oxygen atoms in total. The highest BCUT2D eigenvalue weighted by molar-refractivity contribution is 5.89. The zero-order valence-corrected chi connectivity index (χ0v) is 12.1. The first-order valence-electron chi connectivity index (χ1n) is 7.39. The number of nitrogens with one attached hydrogen (secondary N) is 2. The van der Waals surface area contributed by atoms with E-state index in [1.54, 1.807) is 0 Å². The van der Waals surface area contributed by atoms with E-state index in [2.05, 4.69) is 10.6 Å². The lowest BCUT2D eigenvalue weighted by atomic mass is 9.87. The fraction of sp³-hybridized carbons (Fsp3) is 0.562. The second-order valence-electron chi connectivity index (χ2n) is 5.64. The van der Waals surface area contributed by atoms with E-state index in [0.29, 0.717) is 5.92 Å². The maximum absolute atomic E-state index is 11.2. The van der Waals surface area contributed by atoms with Crippen molar-refractivity contribution in [1.29, 1.82) is 0 Å². The maximum atomic E-state index is 11.2. The zero-order valence-electron chi connectivity index (χ0n) is 12.1. The van der Waals surface area contributed by atoms with Crippen LogP contribution in [-0.4, -0.2) is 23.7 Å². The molecule has 0 unspecified atom stereocenters. The number of para-hydroxylation sites is 1. The average Bonchev–Trinajstić information content (AvgIpc) is 2.42. The molecule has 0 aliphatic heterocycles. The highest BCUT2D eigenvalue weighted by atomic mass is 16.3.